The molecule has 0 bridgehead atoms. The Bertz CT molecular complexity index is 434. The van der Waals surface area contributed by atoms with Crippen LogP contribution in [-0.4, -0.2) is 12.0 Å². The molecule has 0 saturated heterocycles. The number of benzene rings is 1. The molecule has 0 fully saturated rings. The van der Waals surface area contributed by atoms with Gasteiger partial charge in [0.1, 0.15) is 5.75 Å². The van der Waals surface area contributed by atoms with Crippen molar-refractivity contribution in [1.82, 2.24) is 0 Å². The summed E-state index contributed by atoms with van der Waals surface area (Å²) in [5.41, 5.74) is 0.931. The van der Waals surface area contributed by atoms with Crippen LogP contribution < -0.4 is 4.74 Å². The highest BCUT2D eigenvalue weighted by Gasteiger charge is 2.08. The zero-order chi connectivity index (χ0) is 12.3. The molecule has 0 saturated carbocycles. The zero-order valence-corrected chi connectivity index (χ0v) is 13.0. The number of nitro groups is 1. The molecule has 1 rings (SSSR count). The minimum atomic E-state index is -0.399. The molecule has 0 heterocycles. The Kier molecular flexibility index (Phi) is 4.96. The Morgan fingerprint density at radius 1 is 1.44 bits per heavy atom. The number of methoxy groups -OCH3 is 1. The van der Waals surface area contributed by atoms with Gasteiger partial charge in [0.25, 0.3) is 0 Å². The number of hydrogen-bond donors (Lipinski definition) is 0. The molecular formula is C10H9I2NO3. The van der Waals surface area contributed by atoms with Crippen LogP contribution in [0.1, 0.15) is 12.5 Å². The van der Waals surface area contributed by atoms with Crippen LogP contribution in [0.5, 0.6) is 5.75 Å². The fourth-order valence-corrected chi connectivity index (χ4v) is 3.41. The van der Waals surface area contributed by atoms with Gasteiger partial charge in [0, 0.05) is 13.0 Å². The first-order chi connectivity index (χ1) is 7.45. The number of halogens is 2. The van der Waals surface area contributed by atoms with Crippen LogP contribution in [0.15, 0.2) is 17.8 Å². The summed E-state index contributed by atoms with van der Waals surface area (Å²) in [7, 11) is 1.61. The molecular weight excluding hydrogens is 436 g/mol. The summed E-state index contributed by atoms with van der Waals surface area (Å²) < 4.78 is 7.09. The number of hydrogen-bond acceptors (Lipinski definition) is 3. The molecule has 0 spiro atoms. The van der Waals surface area contributed by atoms with Crippen LogP contribution in [0.25, 0.3) is 6.08 Å². The molecule has 0 aliphatic rings. The van der Waals surface area contributed by atoms with E-state index in [-0.39, 0.29) is 5.70 Å². The fourth-order valence-electron chi connectivity index (χ4n) is 1.15. The third-order valence-electron chi connectivity index (χ3n) is 1.89. The molecule has 0 radical (unpaired) electrons. The lowest BCUT2D eigenvalue weighted by molar-refractivity contribution is -0.422. The molecule has 86 valence electrons. The van der Waals surface area contributed by atoms with Crippen molar-refractivity contribution < 1.29 is 9.66 Å². The lowest BCUT2D eigenvalue weighted by Gasteiger charge is -2.06. The number of nitrogens with zero attached hydrogens (tertiary/aromatic N) is 1. The first kappa shape index (κ1) is 13.7. The van der Waals surface area contributed by atoms with E-state index in [1.807, 2.05) is 12.1 Å². The van der Waals surface area contributed by atoms with E-state index < -0.39 is 4.92 Å². The van der Waals surface area contributed by atoms with E-state index in [1.54, 1.807) is 13.2 Å². The van der Waals surface area contributed by atoms with Gasteiger partial charge in [-0.1, -0.05) is 0 Å². The standard InChI is InChI=1S/C10H9I2NO3/c1-6(13(14)15)3-7-4-8(11)10(16-2)9(12)5-7/h3-5H,1-2H3/b6-3+. The zero-order valence-electron chi connectivity index (χ0n) is 8.66. The summed E-state index contributed by atoms with van der Waals surface area (Å²) in [6.45, 7) is 1.48. The molecule has 6 heteroatoms. The summed E-state index contributed by atoms with van der Waals surface area (Å²) in [6.07, 6.45) is 1.55. The first-order valence-corrected chi connectivity index (χ1v) is 6.47. The average Bonchev–Trinajstić information content (AvgIpc) is 2.16. The quantitative estimate of drug-likeness (QED) is 0.407. The Morgan fingerprint density at radius 3 is 2.31 bits per heavy atom. The summed E-state index contributed by atoms with van der Waals surface area (Å²) >= 11 is 4.29. The number of rotatable bonds is 3. The van der Waals surface area contributed by atoms with Crippen molar-refractivity contribution in [3.05, 3.63) is 40.6 Å². The molecule has 0 amide bonds. The summed E-state index contributed by atoms with van der Waals surface area (Å²) in [4.78, 5) is 10.1. The molecule has 0 aromatic heterocycles. The smallest absolute Gasteiger partial charge is 0.243 e. The topological polar surface area (TPSA) is 52.4 Å². The van der Waals surface area contributed by atoms with Crippen LogP contribution in [0.3, 0.4) is 0 Å². The molecule has 1 aromatic carbocycles. The van der Waals surface area contributed by atoms with E-state index >= 15 is 0 Å². The molecule has 0 N–H and O–H groups in total. The van der Waals surface area contributed by atoms with E-state index in [9.17, 15) is 10.1 Å². The van der Waals surface area contributed by atoms with Crippen molar-refractivity contribution in [1.29, 1.82) is 0 Å². The highest BCUT2D eigenvalue weighted by molar-refractivity contribution is 14.1. The summed E-state index contributed by atoms with van der Waals surface area (Å²) in [5, 5.41) is 10.5. The van der Waals surface area contributed by atoms with Crippen molar-refractivity contribution >= 4 is 51.3 Å². The van der Waals surface area contributed by atoms with Gasteiger partial charge in [-0.3, -0.25) is 10.1 Å². The van der Waals surface area contributed by atoms with Crippen LogP contribution in [-0.2, 0) is 0 Å². The van der Waals surface area contributed by atoms with Gasteiger partial charge in [0.15, 0.2) is 0 Å². The molecule has 0 unspecified atom stereocenters. The Labute approximate surface area is 120 Å². The minimum Gasteiger partial charge on any atom is -0.495 e. The van der Waals surface area contributed by atoms with Crippen molar-refractivity contribution in [3.8, 4) is 5.75 Å². The van der Waals surface area contributed by atoms with Crippen LogP contribution >= 0.6 is 45.2 Å². The summed E-state index contributed by atoms with van der Waals surface area (Å²) in [5.74, 6) is 0.803. The number of allylic oxidation sites excluding steroid dienone is 1. The highest BCUT2D eigenvalue weighted by atomic mass is 127. The van der Waals surface area contributed by atoms with E-state index in [0.29, 0.717) is 0 Å². The van der Waals surface area contributed by atoms with Crippen molar-refractivity contribution in [2.75, 3.05) is 7.11 Å². The van der Waals surface area contributed by atoms with E-state index in [0.717, 1.165) is 18.5 Å². The largest absolute Gasteiger partial charge is 0.495 e. The maximum absolute atomic E-state index is 10.5. The number of ether oxygens (including phenoxy) is 1. The molecule has 1 aromatic rings. The van der Waals surface area contributed by atoms with Gasteiger partial charge in [-0.05, 0) is 62.9 Å². The van der Waals surface area contributed by atoms with Crippen molar-refractivity contribution in [2.45, 2.75) is 6.92 Å². The van der Waals surface area contributed by atoms with Crippen molar-refractivity contribution in [2.24, 2.45) is 0 Å². The Morgan fingerprint density at radius 2 is 1.94 bits per heavy atom. The summed E-state index contributed by atoms with van der Waals surface area (Å²) in [6, 6.07) is 3.71. The van der Waals surface area contributed by atoms with E-state index in [4.69, 9.17) is 4.74 Å². The van der Waals surface area contributed by atoms with Crippen molar-refractivity contribution in [3.63, 3.8) is 0 Å². The van der Waals surface area contributed by atoms with E-state index in [2.05, 4.69) is 45.2 Å². The highest BCUT2D eigenvalue weighted by Crippen LogP contribution is 2.29. The molecule has 0 aliphatic carbocycles. The SMILES string of the molecule is COc1c(I)cc(/C=C(\C)[N+](=O)[O-])cc1I. The second-order valence-corrected chi connectivity index (χ2v) is 5.39. The molecule has 16 heavy (non-hydrogen) atoms. The van der Waals surface area contributed by atoms with Crippen LogP contribution in [0.4, 0.5) is 0 Å². The predicted octanol–water partition coefficient (Wildman–Crippen LogP) is 3.54. The molecule has 0 aliphatic heterocycles. The lowest BCUT2D eigenvalue weighted by atomic mass is 10.2. The van der Waals surface area contributed by atoms with Gasteiger partial charge in [0.2, 0.25) is 5.70 Å². The maximum atomic E-state index is 10.5. The maximum Gasteiger partial charge on any atom is 0.243 e. The predicted molar refractivity (Wildman–Crippen MR) is 79.1 cm³/mol. The van der Waals surface area contributed by atoms with Gasteiger partial charge in [-0.2, -0.15) is 0 Å². The van der Waals surface area contributed by atoms with Gasteiger partial charge >= 0.3 is 0 Å². The second-order valence-electron chi connectivity index (χ2n) is 3.06. The Hall–Kier alpha value is -0.380. The van der Waals surface area contributed by atoms with Gasteiger partial charge in [-0.25, -0.2) is 0 Å². The molecule has 0 atom stereocenters. The second kappa shape index (κ2) is 5.80. The third kappa shape index (κ3) is 3.30. The van der Waals surface area contributed by atoms with Crippen LogP contribution in [0, 0.1) is 17.3 Å². The van der Waals surface area contributed by atoms with Crippen LogP contribution in [0.2, 0.25) is 0 Å². The normalized spacial score (nSPS) is 11.4. The van der Waals surface area contributed by atoms with Gasteiger partial charge in [-0.15, -0.1) is 0 Å². The first-order valence-electron chi connectivity index (χ1n) is 4.31. The van der Waals surface area contributed by atoms with E-state index in [1.165, 1.54) is 6.92 Å². The monoisotopic (exact) mass is 445 g/mol. The Balaban J connectivity index is 3.19. The third-order valence-corrected chi connectivity index (χ3v) is 3.49. The molecule has 4 nitrogen and oxygen atoms in total. The fraction of sp³-hybridized carbons (Fsp3) is 0.200. The minimum absolute atomic E-state index is 0.122. The van der Waals surface area contributed by atoms with Gasteiger partial charge in [0.05, 0.1) is 19.2 Å². The lowest BCUT2D eigenvalue weighted by Crippen LogP contribution is -1.95. The average molecular weight is 445 g/mol. The van der Waals surface area contributed by atoms with Gasteiger partial charge < -0.3 is 4.74 Å².